The average Bonchev–Trinajstić information content (AvgIpc) is 3.34. The minimum Gasteiger partial charge on any atom is -0.368 e. The zero-order valence-corrected chi connectivity index (χ0v) is 16.6. The molecule has 1 N–H and O–H groups in total. The Labute approximate surface area is 175 Å². The number of amides is 2. The summed E-state index contributed by atoms with van der Waals surface area (Å²) in [5, 5.41) is 12.1. The second-order valence-corrected chi connectivity index (χ2v) is 7.34. The van der Waals surface area contributed by atoms with Crippen molar-refractivity contribution in [1.82, 2.24) is 9.88 Å². The van der Waals surface area contributed by atoms with Gasteiger partial charge in [-0.05, 0) is 43.2 Å². The number of ether oxygens (including phenoxy) is 1. The SMILES string of the molecule is N#Cc1cccnc1N1CCN(C(=O)c2cccc(NC(=O)C3CCCO3)c2)CC1. The normalized spacial score (nSPS) is 18.7. The van der Waals surface area contributed by atoms with Crippen LogP contribution in [0.25, 0.3) is 0 Å². The highest BCUT2D eigenvalue weighted by Gasteiger charge is 2.26. The molecule has 8 nitrogen and oxygen atoms in total. The van der Waals surface area contributed by atoms with Crippen LogP contribution in [0.4, 0.5) is 11.5 Å². The molecule has 0 aliphatic carbocycles. The van der Waals surface area contributed by atoms with Crippen molar-refractivity contribution in [3.63, 3.8) is 0 Å². The molecule has 2 amide bonds. The number of aromatic nitrogens is 1. The first kappa shape index (κ1) is 19.9. The summed E-state index contributed by atoms with van der Waals surface area (Å²) >= 11 is 0. The van der Waals surface area contributed by atoms with E-state index in [4.69, 9.17) is 4.74 Å². The summed E-state index contributed by atoms with van der Waals surface area (Å²) in [6, 6.07) is 12.6. The summed E-state index contributed by atoms with van der Waals surface area (Å²) in [7, 11) is 0. The quantitative estimate of drug-likeness (QED) is 0.836. The second kappa shape index (κ2) is 8.93. The third-order valence-electron chi connectivity index (χ3n) is 5.37. The highest BCUT2D eigenvalue weighted by atomic mass is 16.5. The van der Waals surface area contributed by atoms with Crippen LogP contribution in [0.15, 0.2) is 42.6 Å². The van der Waals surface area contributed by atoms with Crippen molar-refractivity contribution in [2.24, 2.45) is 0 Å². The number of hydrogen-bond acceptors (Lipinski definition) is 6. The average molecular weight is 405 g/mol. The first-order valence-corrected chi connectivity index (χ1v) is 10.1. The fourth-order valence-electron chi connectivity index (χ4n) is 3.78. The molecule has 0 saturated carbocycles. The van der Waals surface area contributed by atoms with Gasteiger partial charge in [-0.25, -0.2) is 4.98 Å². The number of piperazine rings is 1. The number of hydrogen-bond donors (Lipinski definition) is 1. The van der Waals surface area contributed by atoms with E-state index in [1.165, 1.54) is 0 Å². The summed E-state index contributed by atoms with van der Waals surface area (Å²) in [6.45, 7) is 2.89. The number of carbonyl (C=O) groups excluding carboxylic acids is 2. The number of nitrogens with one attached hydrogen (secondary N) is 1. The molecule has 1 aromatic carbocycles. The molecule has 0 radical (unpaired) electrons. The fourth-order valence-corrected chi connectivity index (χ4v) is 3.78. The number of carbonyl (C=O) groups is 2. The lowest BCUT2D eigenvalue weighted by Gasteiger charge is -2.35. The van der Waals surface area contributed by atoms with Crippen LogP contribution in [0.3, 0.4) is 0 Å². The molecule has 2 saturated heterocycles. The Morgan fingerprint density at radius 1 is 1.17 bits per heavy atom. The van der Waals surface area contributed by atoms with Gasteiger partial charge in [0.15, 0.2) is 0 Å². The molecular weight excluding hydrogens is 382 g/mol. The zero-order chi connectivity index (χ0) is 20.9. The molecule has 2 aromatic rings. The van der Waals surface area contributed by atoms with Gasteiger partial charge in [-0.3, -0.25) is 9.59 Å². The van der Waals surface area contributed by atoms with Crippen molar-refractivity contribution in [2.75, 3.05) is 43.0 Å². The molecule has 0 spiro atoms. The van der Waals surface area contributed by atoms with Gasteiger partial charge in [-0.2, -0.15) is 5.26 Å². The van der Waals surface area contributed by atoms with E-state index in [0.29, 0.717) is 55.4 Å². The van der Waals surface area contributed by atoms with Crippen molar-refractivity contribution >= 4 is 23.3 Å². The lowest BCUT2D eigenvalue weighted by molar-refractivity contribution is -0.124. The van der Waals surface area contributed by atoms with E-state index in [2.05, 4.69) is 16.4 Å². The number of pyridine rings is 1. The maximum absolute atomic E-state index is 13.0. The second-order valence-electron chi connectivity index (χ2n) is 7.34. The molecule has 4 rings (SSSR count). The maximum atomic E-state index is 13.0. The summed E-state index contributed by atoms with van der Waals surface area (Å²) in [4.78, 5) is 33.4. The minimum atomic E-state index is -0.415. The number of rotatable bonds is 4. The van der Waals surface area contributed by atoms with E-state index in [1.807, 2.05) is 4.90 Å². The molecule has 8 heteroatoms. The van der Waals surface area contributed by atoms with Gasteiger partial charge in [-0.1, -0.05) is 6.07 Å². The number of nitrogens with zero attached hydrogens (tertiary/aromatic N) is 4. The van der Waals surface area contributed by atoms with Crippen molar-refractivity contribution < 1.29 is 14.3 Å². The molecule has 2 fully saturated rings. The highest BCUT2D eigenvalue weighted by molar-refractivity contribution is 5.98. The standard InChI is InChI=1S/C22H23N5O3/c23-15-17-5-2-8-24-20(17)26-9-11-27(12-10-26)22(29)16-4-1-6-18(14-16)25-21(28)19-7-3-13-30-19/h1-2,4-6,8,14,19H,3,7,9-13H2,(H,25,28). The first-order valence-electron chi connectivity index (χ1n) is 10.1. The molecule has 0 bridgehead atoms. The lowest BCUT2D eigenvalue weighted by Crippen LogP contribution is -2.49. The van der Waals surface area contributed by atoms with E-state index in [9.17, 15) is 14.9 Å². The van der Waals surface area contributed by atoms with E-state index in [0.717, 1.165) is 12.8 Å². The maximum Gasteiger partial charge on any atom is 0.254 e. The van der Waals surface area contributed by atoms with Crippen LogP contribution in [-0.2, 0) is 9.53 Å². The Morgan fingerprint density at radius 2 is 2.00 bits per heavy atom. The van der Waals surface area contributed by atoms with Crippen LogP contribution in [0.1, 0.15) is 28.8 Å². The third kappa shape index (κ3) is 4.26. The topological polar surface area (TPSA) is 98.6 Å². The zero-order valence-electron chi connectivity index (χ0n) is 16.6. The van der Waals surface area contributed by atoms with Gasteiger partial charge in [0.25, 0.3) is 11.8 Å². The van der Waals surface area contributed by atoms with E-state index in [1.54, 1.807) is 47.5 Å². The van der Waals surface area contributed by atoms with E-state index < -0.39 is 6.10 Å². The van der Waals surface area contributed by atoms with Crippen LogP contribution < -0.4 is 10.2 Å². The molecule has 3 heterocycles. The van der Waals surface area contributed by atoms with Gasteiger partial charge in [-0.15, -0.1) is 0 Å². The van der Waals surface area contributed by atoms with Crippen molar-refractivity contribution in [1.29, 1.82) is 5.26 Å². The van der Waals surface area contributed by atoms with Crippen LogP contribution >= 0.6 is 0 Å². The van der Waals surface area contributed by atoms with Gasteiger partial charge in [0, 0.05) is 50.2 Å². The van der Waals surface area contributed by atoms with Gasteiger partial charge in [0.05, 0.1) is 5.56 Å². The summed E-state index contributed by atoms with van der Waals surface area (Å²) in [5.74, 6) is 0.407. The molecule has 1 atom stereocenters. The Kier molecular flexibility index (Phi) is 5.91. The predicted octanol–water partition coefficient (Wildman–Crippen LogP) is 2.03. The van der Waals surface area contributed by atoms with Crippen LogP contribution in [-0.4, -0.2) is 60.6 Å². The number of anilines is 2. The van der Waals surface area contributed by atoms with E-state index in [-0.39, 0.29) is 11.8 Å². The molecule has 2 aliphatic rings. The largest absolute Gasteiger partial charge is 0.368 e. The predicted molar refractivity (Wildman–Crippen MR) is 111 cm³/mol. The monoisotopic (exact) mass is 405 g/mol. The molecule has 30 heavy (non-hydrogen) atoms. The lowest BCUT2D eigenvalue weighted by atomic mass is 10.1. The van der Waals surface area contributed by atoms with Gasteiger partial charge in [0.1, 0.15) is 18.0 Å². The van der Waals surface area contributed by atoms with Gasteiger partial charge in [0.2, 0.25) is 0 Å². The summed E-state index contributed by atoms with van der Waals surface area (Å²) in [6.07, 6.45) is 2.86. The van der Waals surface area contributed by atoms with Gasteiger partial charge < -0.3 is 19.9 Å². The molecule has 154 valence electrons. The van der Waals surface area contributed by atoms with Gasteiger partial charge >= 0.3 is 0 Å². The third-order valence-corrected chi connectivity index (χ3v) is 5.37. The van der Waals surface area contributed by atoms with Crippen molar-refractivity contribution in [3.05, 3.63) is 53.7 Å². The fraction of sp³-hybridized carbons (Fsp3) is 0.364. The molecule has 1 aromatic heterocycles. The van der Waals surface area contributed by atoms with Crippen molar-refractivity contribution in [2.45, 2.75) is 18.9 Å². The summed E-state index contributed by atoms with van der Waals surface area (Å²) < 4.78 is 5.41. The molecule has 1 unspecified atom stereocenters. The van der Waals surface area contributed by atoms with Crippen LogP contribution in [0.2, 0.25) is 0 Å². The van der Waals surface area contributed by atoms with Crippen LogP contribution in [0, 0.1) is 11.3 Å². The molecule has 2 aliphatic heterocycles. The van der Waals surface area contributed by atoms with Crippen LogP contribution in [0.5, 0.6) is 0 Å². The molecular formula is C22H23N5O3. The number of benzene rings is 1. The Bertz CT molecular complexity index is 973. The smallest absolute Gasteiger partial charge is 0.254 e. The Balaban J connectivity index is 1.38. The minimum absolute atomic E-state index is 0.0793. The Hall–Kier alpha value is -3.44. The van der Waals surface area contributed by atoms with Crippen molar-refractivity contribution in [3.8, 4) is 6.07 Å². The summed E-state index contributed by atoms with van der Waals surface area (Å²) in [5.41, 5.74) is 1.66. The highest BCUT2D eigenvalue weighted by Crippen LogP contribution is 2.20. The first-order chi connectivity index (χ1) is 14.7. The van der Waals surface area contributed by atoms with E-state index >= 15 is 0 Å². The number of nitriles is 1. The Morgan fingerprint density at radius 3 is 2.73 bits per heavy atom.